The van der Waals surface area contributed by atoms with Gasteiger partial charge in [0.2, 0.25) is 0 Å². The molecule has 0 aliphatic heterocycles. The highest BCUT2D eigenvalue weighted by atomic mass is 15.0. The van der Waals surface area contributed by atoms with E-state index in [2.05, 4.69) is 56.5 Å². The largest absolute Gasteiger partial charge is 0.315 e. The molecule has 16 heavy (non-hydrogen) atoms. The van der Waals surface area contributed by atoms with Crippen molar-refractivity contribution in [1.82, 2.24) is 10.6 Å². The van der Waals surface area contributed by atoms with Crippen molar-refractivity contribution in [1.29, 1.82) is 0 Å². The van der Waals surface area contributed by atoms with Crippen molar-refractivity contribution in [3.63, 3.8) is 0 Å². The summed E-state index contributed by atoms with van der Waals surface area (Å²) in [7, 11) is 0. The Hall–Kier alpha value is -0.860. The molecule has 0 spiro atoms. The van der Waals surface area contributed by atoms with Gasteiger partial charge in [0.15, 0.2) is 0 Å². The maximum Gasteiger partial charge on any atom is 0.0208 e. The van der Waals surface area contributed by atoms with Gasteiger partial charge in [-0.15, -0.1) is 0 Å². The van der Waals surface area contributed by atoms with Crippen LogP contribution in [-0.2, 0) is 6.54 Å². The molecule has 1 aromatic carbocycles. The molecule has 0 aliphatic rings. The SMILES string of the molecule is CCNCC(C)NCc1ccc(C)c(C)c1. The summed E-state index contributed by atoms with van der Waals surface area (Å²) in [5.74, 6) is 0. The number of benzene rings is 1. The van der Waals surface area contributed by atoms with E-state index in [-0.39, 0.29) is 0 Å². The minimum Gasteiger partial charge on any atom is -0.315 e. The Balaban J connectivity index is 2.39. The third-order valence-corrected chi connectivity index (χ3v) is 2.93. The number of nitrogens with one attached hydrogen (secondary N) is 2. The van der Waals surface area contributed by atoms with E-state index in [9.17, 15) is 0 Å². The van der Waals surface area contributed by atoms with E-state index in [1.165, 1.54) is 16.7 Å². The second kappa shape index (κ2) is 6.66. The van der Waals surface area contributed by atoms with E-state index in [1.54, 1.807) is 0 Å². The molecule has 0 saturated carbocycles. The lowest BCUT2D eigenvalue weighted by Crippen LogP contribution is -2.35. The molecule has 0 amide bonds. The summed E-state index contributed by atoms with van der Waals surface area (Å²) >= 11 is 0. The third kappa shape index (κ3) is 4.33. The van der Waals surface area contributed by atoms with Crippen molar-refractivity contribution in [2.45, 2.75) is 40.3 Å². The van der Waals surface area contributed by atoms with E-state index >= 15 is 0 Å². The lowest BCUT2D eigenvalue weighted by molar-refractivity contribution is 0.509. The fourth-order valence-corrected chi connectivity index (χ4v) is 1.64. The molecule has 2 heteroatoms. The predicted octanol–water partition coefficient (Wildman–Crippen LogP) is 2.39. The molecule has 1 unspecified atom stereocenters. The average molecular weight is 220 g/mol. The van der Waals surface area contributed by atoms with Gasteiger partial charge in [0.1, 0.15) is 0 Å². The van der Waals surface area contributed by atoms with Gasteiger partial charge in [-0.2, -0.15) is 0 Å². The lowest BCUT2D eigenvalue weighted by Gasteiger charge is -2.14. The van der Waals surface area contributed by atoms with Crippen LogP contribution >= 0.6 is 0 Å². The second-order valence-corrected chi connectivity index (χ2v) is 4.51. The van der Waals surface area contributed by atoms with E-state index in [1.807, 2.05) is 0 Å². The topological polar surface area (TPSA) is 24.1 Å². The Morgan fingerprint density at radius 3 is 2.56 bits per heavy atom. The number of aryl methyl sites for hydroxylation is 2. The van der Waals surface area contributed by atoms with Crippen LogP contribution in [0.25, 0.3) is 0 Å². The van der Waals surface area contributed by atoms with Gasteiger partial charge in [-0.25, -0.2) is 0 Å². The fraction of sp³-hybridized carbons (Fsp3) is 0.571. The molecule has 0 aromatic heterocycles. The van der Waals surface area contributed by atoms with Crippen LogP contribution in [-0.4, -0.2) is 19.1 Å². The Labute approximate surface area is 99.5 Å². The first-order valence-electron chi connectivity index (χ1n) is 6.13. The molecule has 1 aromatic rings. The Morgan fingerprint density at radius 2 is 1.94 bits per heavy atom. The van der Waals surface area contributed by atoms with E-state index in [4.69, 9.17) is 0 Å². The number of hydrogen-bond donors (Lipinski definition) is 2. The summed E-state index contributed by atoms with van der Waals surface area (Å²) in [5.41, 5.74) is 4.11. The summed E-state index contributed by atoms with van der Waals surface area (Å²) in [6, 6.07) is 7.18. The van der Waals surface area contributed by atoms with Crippen LogP contribution in [0.4, 0.5) is 0 Å². The highest BCUT2D eigenvalue weighted by molar-refractivity contribution is 5.29. The maximum absolute atomic E-state index is 3.52. The summed E-state index contributed by atoms with van der Waals surface area (Å²) in [6.07, 6.45) is 0. The minimum absolute atomic E-state index is 0.515. The number of rotatable bonds is 6. The van der Waals surface area contributed by atoms with Crippen LogP contribution in [0.1, 0.15) is 30.5 Å². The van der Waals surface area contributed by atoms with Gasteiger partial charge in [0.05, 0.1) is 0 Å². The molecular formula is C14H24N2. The zero-order chi connectivity index (χ0) is 12.0. The third-order valence-electron chi connectivity index (χ3n) is 2.93. The molecule has 1 atom stereocenters. The summed E-state index contributed by atoms with van der Waals surface area (Å²) < 4.78 is 0. The first-order chi connectivity index (χ1) is 7.63. The molecular weight excluding hydrogens is 196 g/mol. The zero-order valence-electron chi connectivity index (χ0n) is 10.9. The number of likely N-dealkylation sites (N-methyl/N-ethyl adjacent to an activating group) is 1. The molecule has 2 nitrogen and oxygen atoms in total. The van der Waals surface area contributed by atoms with Crippen LogP contribution in [0.3, 0.4) is 0 Å². The normalized spacial score (nSPS) is 12.8. The molecule has 0 radical (unpaired) electrons. The van der Waals surface area contributed by atoms with Crippen LogP contribution in [0, 0.1) is 13.8 Å². The molecule has 0 bridgehead atoms. The minimum atomic E-state index is 0.515. The van der Waals surface area contributed by atoms with Crippen molar-refractivity contribution in [3.8, 4) is 0 Å². The van der Waals surface area contributed by atoms with Crippen molar-refractivity contribution in [2.24, 2.45) is 0 Å². The van der Waals surface area contributed by atoms with Gasteiger partial charge in [0.25, 0.3) is 0 Å². The summed E-state index contributed by atoms with van der Waals surface area (Å²) in [6.45, 7) is 11.7. The predicted molar refractivity (Wildman–Crippen MR) is 70.8 cm³/mol. The van der Waals surface area contributed by atoms with Crippen molar-refractivity contribution in [3.05, 3.63) is 34.9 Å². The zero-order valence-corrected chi connectivity index (χ0v) is 10.9. The van der Waals surface area contributed by atoms with E-state index < -0.39 is 0 Å². The van der Waals surface area contributed by atoms with E-state index in [0.29, 0.717) is 6.04 Å². The quantitative estimate of drug-likeness (QED) is 0.769. The molecule has 0 heterocycles. The molecule has 90 valence electrons. The van der Waals surface area contributed by atoms with Gasteiger partial charge in [-0.3, -0.25) is 0 Å². The van der Waals surface area contributed by atoms with Crippen molar-refractivity contribution in [2.75, 3.05) is 13.1 Å². The van der Waals surface area contributed by atoms with Crippen molar-refractivity contribution < 1.29 is 0 Å². The second-order valence-electron chi connectivity index (χ2n) is 4.51. The van der Waals surface area contributed by atoms with Gasteiger partial charge < -0.3 is 10.6 Å². The molecule has 0 saturated heterocycles. The lowest BCUT2D eigenvalue weighted by atomic mass is 10.1. The molecule has 2 N–H and O–H groups in total. The highest BCUT2D eigenvalue weighted by Crippen LogP contribution is 2.09. The Bertz CT molecular complexity index is 321. The van der Waals surface area contributed by atoms with E-state index in [0.717, 1.165) is 19.6 Å². The Kier molecular flexibility index (Phi) is 5.50. The van der Waals surface area contributed by atoms with Crippen LogP contribution in [0.2, 0.25) is 0 Å². The smallest absolute Gasteiger partial charge is 0.0208 e. The first kappa shape index (κ1) is 13.2. The van der Waals surface area contributed by atoms with Gasteiger partial charge in [-0.1, -0.05) is 25.1 Å². The van der Waals surface area contributed by atoms with Gasteiger partial charge >= 0.3 is 0 Å². The van der Waals surface area contributed by atoms with Crippen molar-refractivity contribution >= 4 is 0 Å². The molecule has 0 fully saturated rings. The summed E-state index contributed by atoms with van der Waals surface area (Å²) in [5, 5.41) is 6.86. The van der Waals surface area contributed by atoms with Crippen LogP contribution in [0.15, 0.2) is 18.2 Å². The first-order valence-corrected chi connectivity index (χ1v) is 6.13. The maximum atomic E-state index is 3.52. The van der Waals surface area contributed by atoms with Gasteiger partial charge in [-0.05, 0) is 44.0 Å². The Morgan fingerprint density at radius 1 is 1.19 bits per heavy atom. The molecule has 1 rings (SSSR count). The highest BCUT2D eigenvalue weighted by Gasteiger charge is 2.01. The average Bonchev–Trinajstić information content (AvgIpc) is 2.28. The fourth-order valence-electron chi connectivity index (χ4n) is 1.64. The van der Waals surface area contributed by atoms with Crippen LogP contribution in [0.5, 0.6) is 0 Å². The summed E-state index contributed by atoms with van der Waals surface area (Å²) in [4.78, 5) is 0. The van der Waals surface area contributed by atoms with Gasteiger partial charge in [0, 0.05) is 19.1 Å². The molecule has 0 aliphatic carbocycles. The standard InChI is InChI=1S/C14H24N2/c1-5-15-9-13(4)16-10-14-7-6-11(2)12(3)8-14/h6-8,13,15-16H,5,9-10H2,1-4H3. The number of hydrogen-bond acceptors (Lipinski definition) is 2. The monoisotopic (exact) mass is 220 g/mol. The van der Waals surface area contributed by atoms with Crippen LogP contribution < -0.4 is 10.6 Å².